The highest BCUT2D eigenvalue weighted by molar-refractivity contribution is 5.98. The van der Waals surface area contributed by atoms with E-state index >= 15 is 0 Å². The number of hydrogen-bond acceptors (Lipinski definition) is 4. The van der Waals surface area contributed by atoms with Crippen LogP contribution in [0.5, 0.6) is 5.75 Å². The molecular weight excluding hydrogens is 260 g/mol. The van der Waals surface area contributed by atoms with E-state index in [-0.39, 0.29) is 0 Å². The number of para-hydroxylation sites is 1. The molecule has 2 rings (SSSR count). The first-order valence-electron chi connectivity index (χ1n) is 6.61. The predicted molar refractivity (Wildman–Crippen MR) is 72.7 cm³/mol. The number of benzene rings is 1. The van der Waals surface area contributed by atoms with Crippen LogP contribution in [-0.2, 0) is 4.79 Å². The minimum Gasteiger partial charge on any atom is -0.480 e. The lowest BCUT2D eigenvalue weighted by molar-refractivity contribution is -0.135. The molecule has 6 heteroatoms. The smallest absolute Gasteiger partial charge is 0.322 e. The standard InChI is InChI=1S/C14H18N2O4/c17-13(18)9-15-14(19)11-5-1-2-6-12(11)20-10-16-7-3-4-8-16/h1-2,5-6H,3-4,7-10H2,(H,15,19)(H,17,18). The SMILES string of the molecule is O=C(O)CNC(=O)c1ccccc1OCN1CCCC1. The molecule has 0 saturated carbocycles. The first-order chi connectivity index (χ1) is 9.66. The topological polar surface area (TPSA) is 78.9 Å². The Bertz CT molecular complexity index is 484. The van der Waals surface area contributed by atoms with Gasteiger partial charge in [-0.1, -0.05) is 12.1 Å². The highest BCUT2D eigenvalue weighted by Gasteiger charge is 2.15. The second kappa shape index (κ2) is 6.91. The Hall–Kier alpha value is -2.08. The van der Waals surface area contributed by atoms with E-state index in [1.165, 1.54) is 12.8 Å². The number of amides is 1. The number of likely N-dealkylation sites (tertiary alicyclic amines) is 1. The molecule has 108 valence electrons. The number of nitrogens with one attached hydrogen (secondary N) is 1. The zero-order chi connectivity index (χ0) is 14.4. The number of hydrogen-bond donors (Lipinski definition) is 2. The number of nitrogens with zero attached hydrogens (tertiary/aromatic N) is 1. The normalized spacial score (nSPS) is 15.0. The number of carboxylic acids is 1. The maximum Gasteiger partial charge on any atom is 0.322 e. The molecule has 2 N–H and O–H groups in total. The minimum atomic E-state index is -1.08. The molecule has 0 bridgehead atoms. The van der Waals surface area contributed by atoms with Crippen LogP contribution in [0.15, 0.2) is 24.3 Å². The molecule has 1 saturated heterocycles. The number of carboxylic acid groups (broad SMARTS) is 1. The zero-order valence-electron chi connectivity index (χ0n) is 11.2. The Kier molecular flexibility index (Phi) is 4.95. The van der Waals surface area contributed by atoms with Crippen LogP contribution in [0, 0.1) is 0 Å². The van der Waals surface area contributed by atoms with Crippen molar-refractivity contribution < 1.29 is 19.4 Å². The van der Waals surface area contributed by atoms with Gasteiger partial charge < -0.3 is 15.2 Å². The summed E-state index contributed by atoms with van der Waals surface area (Å²) in [5.74, 6) is -1.04. The van der Waals surface area contributed by atoms with Gasteiger partial charge in [-0.2, -0.15) is 0 Å². The molecule has 1 amide bonds. The quantitative estimate of drug-likeness (QED) is 0.809. The summed E-state index contributed by atoms with van der Waals surface area (Å²) in [5.41, 5.74) is 0.355. The van der Waals surface area contributed by atoms with Gasteiger partial charge in [-0.25, -0.2) is 0 Å². The fraction of sp³-hybridized carbons (Fsp3) is 0.429. The average Bonchev–Trinajstić information content (AvgIpc) is 2.96. The predicted octanol–water partition coefficient (Wildman–Crippen LogP) is 0.933. The Morgan fingerprint density at radius 2 is 1.95 bits per heavy atom. The number of carbonyl (C=O) groups is 2. The fourth-order valence-corrected chi connectivity index (χ4v) is 2.10. The van der Waals surface area contributed by atoms with E-state index in [1.807, 2.05) is 0 Å². The summed E-state index contributed by atoms with van der Waals surface area (Å²) in [6.07, 6.45) is 2.34. The summed E-state index contributed by atoms with van der Waals surface area (Å²) >= 11 is 0. The molecule has 0 aliphatic carbocycles. The van der Waals surface area contributed by atoms with Gasteiger partial charge in [-0.3, -0.25) is 14.5 Å². The van der Waals surface area contributed by atoms with E-state index in [9.17, 15) is 9.59 Å². The van der Waals surface area contributed by atoms with Gasteiger partial charge >= 0.3 is 5.97 Å². The van der Waals surface area contributed by atoms with Crippen molar-refractivity contribution in [3.63, 3.8) is 0 Å². The van der Waals surface area contributed by atoms with Crippen molar-refractivity contribution in [2.24, 2.45) is 0 Å². The van der Waals surface area contributed by atoms with Gasteiger partial charge in [0.15, 0.2) is 0 Å². The van der Waals surface area contributed by atoms with Gasteiger partial charge in [0, 0.05) is 13.1 Å². The molecule has 0 unspecified atom stereocenters. The molecular formula is C14H18N2O4. The van der Waals surface area contributed by atoms with Crippen LogP contribution in [-0.4, -0.2) is 48.2 Å². The maximum absolute atomic E-state index is 11.9. The van der Waals surface area contributed by atoms with Crippen LogP contribution in [0.4, 0.5) is 0 Å². The lowest BCUT2D eigenvalue weighted by Crippen LogP contribution is -2.30. The van der Waals surface area contributed by atoms with Gasteiger partial charge in [-0.15, -0.1) is 0 Å². The molecule has 1 fully saturated rings. The van der Waals surface area contributed by atoms with Crippen LogP contribution < -0.4 is 10.1 Å². The van der Waals surface area contributed by atoms with E-state index in [2.05, 4.69) is 10.2 Å². The van der Waals surface area contributed by atoms with Gasteiger partial charge in [-0.05, 0) is 25.0 Å². The van der Waals surface area contributed by atoms with Crippen LogP contribution in [0.2, 0.25) is 0 Å². The lowest BCUT2D eigenvalue weighted by Gasteiger charge is -2.17. The van der Waals surface area contributed by atoms with E-state index in [0.717, 1.165) is 13.1 Å². The molecule has 1 aromatic carbocycles. The molecule has 0 atom stereocenters. The highest BCUT2D eigenvalue weighted by atomic mass is 16.5. The van der Waals surface area contributed by atoms with Crippen molar-refractivity contribution in [3.05, 3.63) is 29.8 Å². The van der Waals surface area contributed by atoms with Crippen molar-refractivity contribution in [3.8, 4) is 5.75 Å². The largest absolute Gasteiger partial charge is 0.480 e. The van der Waals surface area contributed by atoms with Gasteiger partial charge in [0.1, 0.15) is 19.0 Å². The van der Waals surface area contributed by atoms with Crippen molar-refractivity contribution in [2.75, 3.05) is 26.4 Å². The second-order valence-corrected chi connectivity index (χ2v) is 4.67. The molecule has 0 spiro atoms. The summed E-state index contributed by atoms with van der Waals surface area (Å²) in [7, 11) is 0. The molecule has 0 radical (unpaired) electrons. The third-order valence-corrected chi connectivity index (χ3v) is 3.13. The van der Waals surface area contributed by atoms with Crippen LogP contribution in [0.3, 0.4) is 0 Å². The van der Waals surface area contributed by atoms with E-state index < -0.39 is 18.4 Å². The van der Waals surface area contributed by atoms with Crippen molar-refractivity contribution in [2.45, 2.75) is 12.8 Å². The monoisotopic (exact) mass is 278 g/mol. The maximum atomic E-state index is 11.9. The van der Waals surface area contributed by atoms with E-state index in [0.29, 0.717) is 18.0 Å². The summed E-state index contributed by atoms with van der Waals surface area (Å²) in [4.78, 5) is 24.5. The molecule has 1 aromatic rings. The Morgan fingerprint density at radius 3 is 2.65 bits per heavy atom. The number of rotatable bonds is 6. The third-order valence-electron chi connectivity index (χ3n) is 3.13. The van der Waals surface area contributed by atoms with Crippen LogP contribution >= 0.6 is 0 Å². The molecule has 1 aliphatic rings. The third kappa shape index (κ3) is 3.96. The fourth-order valence-electron chi connectivity index (χ4n) is 2.10. The second-order valence-electron chi connectivity index (χ2n) is 4.67. The van der Waals surface area contributed by atoms with Gasteiger partial charge in [0.2, 0.25) is 0 Å². The van der Waals surface area contributed by atoms with Crippen LogP contribution in [0.25, 0.3) is 0 Å². The lowest BCUT2D eigenvalue weighted by atomic mass is 10.2. The first kappa shape index (κ1) is 14.3. The molecule has 6 nitrogen and oxygen atoms in total. The Labute approximate surface area is 117 Å². The molecule has 0 aromatic heterocycles. The molecule has 1 heterocycles. The van der Waals surface area contributed by atoms with Crippen molar-refractivity contribution in [1.29, 1.82) is 0 Å². The van der Waals surface area contributed by atoms with Crippen molar-refractivity contribution in [1.82, 2.24) is 10.2 Å². The van der Waals surface area contributed by atoms with Gasteiger partial charge in [0.25, 0.3) is 5.91 Å². The summed E-state index contributed by atoms with van der Waals surface area (Å²) in [6, 6.07) is 6.84. The number of carbonyl (C=O) groups excluding carboxylic acids is 1. The average molecular weight is 278 g/mol. The minimum absolute atomic E-state index is 0.355. The molecule has 1 aliphatic heterocycles. The summed E-state index contributed by atoms with van der Waals surface area (Å²) in [6.45, 7) is 2.06. The molecule has 20 heavy (non-hydrogen) atoms. The number of aliphatic carboxylic acids is 1. The van der Waals surface area contributed by atoms with Crippen molar-refractivity contribution >= 4 is 11.9 Å². The summed E-state index contributed by atoms with van der Waals surface area (Å²) < 4.78 is 5.67. The highest BCUT2D eigenvalue weighted by Crippen LogP contribution is 2.19. The van der Waals surface area contributed by atoms with Gasteiger partial charge in [0.05, 0.1) is 5.56 Å². The van der Waals surface area contributed by atoms with E-state index in [4.69, 9.17) is 9.84 Å². The summed E-state index contributed by atoms with van der Waals surface area (Å²) in [5, 5.41) is 10.9. The zero-order valence-corrected chi connectivity index (χ0v) is 11.2. The Balaban J connectivity index is 1.97. The first-order valence-corrected chi connectivity index (χ1v) is 6.61. The van der Waals surface area contributed by atoms with Crippen LogP contribution in [0.1, 0.15) is 23.2 Å². The number of ether oxygens (including phenoxy) is 1. The van der Waals surface area contributed by atoms with E-state index in [1.54, 1.807) is 24.3 Å². The Morgan fingerprint density at radius 1 is 1.25 bits per heavy atom.